The first-order chi connectivity index (χ1) is 7.63. The summed E-state index contributed by atoms with van der Waals surface area (Å²) >= 11 is 6.17. The van der Waals surface area contributed by atoms with Crippen LogP contribution in [0.4, 0.5) is 5.69 Å². The quantitative estimate of drug-likeness (QED) is 0.874. The van der Waals surface area contributed by atoms with E-state index in [0.717, 1.165) is 16.5 Å². The van der Waals surface area contributed by atoms with Gasteiger partial charge in [-0.15, -0.1) is 0 Å². The zero-order valence-corrected chi connectivity index (χ0v) is 10.7. The van der Waals surface area contributed by atoms with E-state index in [1.165, 1.54) is 18.5 Å². The minimum absolute atomic E-state index is 0.501. The maximum atomic E-state index is 6.17. The van der Waals surface area contributed by atoms with Gasteiger partial charge in [-0.3, -0.25) is 0 Å². The first-order valence-electron chi connectivity index (χ1n) is 5.85. The molecule has 0 aliphatic heterocycles. The molecule has 1 atom stereocenters. The van der Waals surface area contributed by atoms with Crippen molar-refractivity contribution in [2.24, 2.45) is 11.7 Å². The third-order valence-corrected chi connectivity index (χ3v) is 3.93. The topological polar surface area (TPSA) is 29.3 Å². The number of halogens is 1. The summed E-state index contributed by atoms with van der Waals surface area (Å²) in [5.74, 6) is 0.859. The Morgan fingerprint density at radius 3 is 2.69 bits per heavy atom. The summed E-state index contributed by atoms with van der Waals surface area (Å²) in [7, 11) is 2.14. The molecule has 0 saturated heterocycles. The summed E-state index contributed by atoms with van der Waals surface area (Å²) in [5, 5.41) is 0.773. The van der Waals surface area contributed by atoms with E-state index in [-0.39, 0.29) is 0 Å². The van der Waals surface area contributed by atoms with Crippen LogP contribution >= 0.6 is 11.6 Å². The van der Waals surface area contributed by atoms with Crippen LogP contribution in [-0.4, -0.2) is 13.1 Å². The Morgan fingerprint density at radius 1 is 1.50 bits per heavy atom. The van der Waals surface area contributed by atoms with Crippen LogP contribution in [0.2, 0.25) is 5.02 Å². The molecule has 0 amide bonds. The zero-order chi connectivity index (χ0) is 11.7. The molecule has 0 heterocycles. The summed E-state index contributed by atoms with van der Waals surface area (Å²) in [6.45, 7) is 2.78. The first-order valence-corrected chi connectivity index (χ1v) is 6.22. The Kier molecular flexibility index (Phi) is 3.41. The van der Waals surface area contributed by atoms with Gasteiger partial charge in [0.15, 0.2) is 0 Å². The van der Waals surface area contributed by atoms with Crippen molar-refractivity contribution in [3.63, 3.8) is 0 Å². The van der Waals surface area contributed by atoms with E-state index < -0.39 is 0 Å². The second-order valence-corrected chi connectivity index (χ2v) is 5.08. The number of hydrogen-bond donors (Lipinski definition) is 1. The van der Waals surface area contributed by atoms with Crippen molar-refractivity contribution in [3.8, 4) is 0 Å². The van der Waals surface area contributed by atoms with E-state index >= 15 is 0 Å². The van der Waals surface area contributed by atoms with Gasteiger partial charge in [-0.1, -0.05) is 17.7 Å². The van der Waals surface area contributed by atoms with Gasteiger partial charge in [0.2, 0.25) is 0 Å². The van der Waals surface area contributed by atoms with Crippen molar-refractivity contribution in [3.05, 3.63) is 28.8 Å². The van der Waals surface area contributed by atoms with Crippen molar-refractivity contribution >= 4 is 17.3 Å². The maximum absolute atomic E-state index is 6.17. The number of anilines is 1. The van der Waals surface area contributed by atoms with Gasteiger partial charge in [0.1, 0.15) is 0 Å². The molecule has 3 heteroatoms. The molecule has 1 aliphatic carbocycles. The average molecular weight is 239 g/mol. The van der Waals surface area contributed by atoms with Gasteiger partial charge in [0.05, 0.1) is 0 Å². The second kappa shape index (κ2) is 4.64. The van der Waals surface area contributed by atoms with Crippen LogP contribution in [0.15, 0.2) is 18.2 Å². The molecular formula is C13H19ClN2. The summed E-state index contributed by atoms with van der Waals surface area (Å²) in [6, 6.07) is 6.74. The predicted octanol–water partition coefficient (Wildman–Crippen LogP) is 3.03. The number of nitrogens with two attached hydrogens (primary N) is 1. The monoisotopic (exact) mass is 238 g/mol. The van der Waals surface area contributed by atoms with Crippen molar-refractivity contribution in [1.82, 2.24) is 0 Å². The molecule has 0 bridgehead atoms. The fourth-order valence-corrected chi connectivity index (χ4v) is 2.30. The van der Waals surface area contributed by atoms with Crippen molar-refractivity contribution in [2.75, 3.05) is 11.9 Å². The maximum Gasteiger partial charge on any atom is 0.0471 e. The fourth-order valence-electron chi connectivity index (χ4n) is 2.05. The van der Waals surface area contributed by atoms with Crippen LogP contribution < -0.4 is 10.6 Å². The third kappa shape index (κ3) is 2.33. The molecule has 0 aromatic heterocycles. The zero-order valence-electron chi connectivity index (χ0n) is 9.91. The van der Waals surface area contributed by atoms with E-state index in [2.05, 4.69) is 24.9 Å². The molecule has 1 fully saturated rings. The molecule has 0 radical (unpaired) electrons. The van der Waals surface area contributed by atoms with E-state index in [1.54, 1.807) is 0 Å². The molecule has 1 aliphatic rings. The van der Waals surface area contributed by atoms with Crippen molar-refractivity contribution in [2.45, 2.75) is 32.4 Å². The van der Waals surface area contributed by atoms with Gasteiger partial charge in [-0.25, -0.2) is 0 Å². The highest BCUT2D eigenvalue weighted by molar-refractivity contribution is 6.31. The Hall–Kier alpha value is -0.730. The third-order valence-electron chi connectivity index (χ3n) is 3.58. The lowest BCUT2D eigenvalue weighted by atomic mass is 10.1. The molecule has 1 saturated carbocycles. The largest absolute Gasteiger partial charge is 0.372 e. The normalized spacial score (nSPS) is 17.2. The fraction of sp³-hybridized carbons (Fsp3) is 0.538. The predicted molar refractivity (Wildman–Crippen MR) is 69.9 cm³/mol. The highest BCUT2D eigenvalue weighted by Crippen LogP contribution is 2.36. The summed E-state index contributed by atoms with van der Waals surface area (Å²) in [5.41, 5.74) is 7.79. The molecule has 2 nitrogen and oxygen atoms in total. The SMILES string of the molecule is CC(C1CC1)N(C)c1ccc(CN)c(Cl)c1. The second-order valence-electron chi connectivity index (χ2n) is 4.67. The molecule has 1 aromatic rings. The van der Waals surface area contributed by atoms with E-state index in [0.29, 0.717) is 12.6 Å². The summed E-state index contributed by atoms with van der Waals surface area (Å²) in [6.07, 6.45) is 2.72. The molecule has 0 spiro atoms. The molecule has 1 unspecified atom stereocenters. The molecular weight excluding hydrogens is 220 g/mol. The van der Waals surface area contributed by atoms with Crippen molar-refractivity contribution < 1.29 is 0 Å². The number of benzene rings is 1. The van der Waals surface area contributed by atoms with Crippen LogP contribution in [0, 0.1) is 5.92 Å². The van der Waals surface area contributed by atoms with E-state index in [4.69, 9.17) is 17.3 Å². The lowest BCUT2D eigenvalue weighted by molar-refractivity contribution is 0.609. The van der Waals surface area contributed by atoms with Crippen LogP contribution in [0.1, 0.15) is 25.3 Å². The van der Waals surface area contributed by atoms with Gasteiger partial charge < -0.3 is 10.6 Å². The minimum atomic E-state index is 0.501. The van der Waals surface area contributed by atoms with Crippen LogP contribution in [0.5, 0.6) is 0 Å². The summed E-state index contributed by atoms with van der Waals surface area (Å²) in [4.78, 5) is 2.31. The molecule has 2 N–H and O–H groups in total. The van der Waals surface area contributed by atoms with Gasteiger partial charge in [0.25, 0.3) is 0 Å². The van der Waals surface area contributed by atoms with E-state index in [9.17, 15) is 0 Å². The van der Waals surface area contributed by atoms with Crippen LogP contribution in [0.25, 0.3) is 0 Å². The summed E-state index contributed by atoms with van der Waals surface area (Å²) < 4.78 is 0. The van der Waals surface area contributed by atoms with Crippen LogP contribution in [-0.2, 0) is 6.54 Å². The van der Waals surface area contributed by atoms with Gasteiger partial charge in [0, 0.05) is 30.3 Å². The van der Waals surface area contributed by atoms with Gasteiger partial charge in [-0.05, 0) is 43.4 Å². The van der Waals surface area contributed by atoms with E-state index in [1.807, 2.05) is 12.1 Å². The highest BCUT2D eigenvalue weighted by Gasteiger charge is 2.30. The minimum Gasteiger partial charge on any atom is -0.372 e. The standard InChI is InChI=1S/C13H19ClN2/c1-9(10-3-4-10)16(2)12-6-5-11(8-15)13(14)7-12/h5-7,9-10H,3-4,8,15H2,1-2H3. The number of rotatable bonds is 4. The van der Waals surface area contributed by atoms with Crippen LogP contribution in [0.3, 0.4) is 0 Å². The van der Waals surface area contributed by atoms with Gasteiger partial charge in [-0.2, -0.15) is 0 Å². The lowest BCUT2D eigenvalue weighted by Crippen LogP contribution is -2.30. The Balaban J connectivity index is 2.16. The molecule has 2 rings (SSSR count). The molecule has 1 aromatic carbocycles. The number of nitrogens with zero attached hydrogens (tertiary/aromatic N) is 1. The van der Waals surface area contributed by atoms with Gasteiger partial charge >= 0.3 is 0 Å². The Labute approximate surface area is 102 Å². The van der Waals surface area contributed by atoms with Crippen molar-refractivity contribution in [1.29, 1.82) is 0 Å². The smallest absolute Gasteiger partial charge is 0.0471 e. The lowest BCUT2D eigenvalue weighted by Gasteiger charge is -2.27. The molecule has 16 heavy (non-hydrogen) atoms. The Bertz CT molecular complexity index is 374. The average Bonchev–Trinajstić information content (AvgIpc) is 3.11. The molecule has 88 valence electrons. The highest BCUT2D eigenvalue weighted by atomic mass is 35.5. The number of hydrogen-bond acceptors (Lipinski definition) is 2. The Morgan fingerprint density at radius 2 is 2.19 bits per heavy atom. The first kappa shape index (κ1) is 11.7.